The quantitative estimate of drug-likeness (QED) is 0.849. The lowest BCUT2D eigenvalue weighted by atomic mass is 10.2. The molecule has 0 aromatic heterocycles. The molecule has 4 heteroatoms. The average molecular weight is 226 g/mol. The van der Waals surface area contributed by atoms with Crippen LogP contribution in [-0.2, 0) is 0 Å². The molecule has 1 aromatic carbocycles. The highest BCUT2D eigenvalue weighted by atomic mass is 19.1. The van der Waals surface area contributed by atoms with Gasteiger partial charge in [-0.2, -0.15) is 0 Å². The average Bonchev–Trinajstić information content (AvgIpc) is 2.65. The van der Waals surface area contributed by atoms with Gasteiger partial charge in [0.15, 0.2) is 0 Å². The van der Waals surface area contributed by atoms with Crippen molar-refractivity contribution in [1.29, 1.82) is 0 Å². The molecule has 1 unspecified atom stereocenters. The molecule has 1 aromatic rings. The van der Waals surface area contributed by atoms with Crippen molar-refractivity contribution < 1.29 is 8.78 Å². The third-order valence-electron chi connectivity index (χ3n) is 2.89. The summed E-state index contributed by atoms with van der Waals surface area (Å²) in [7, 11) is 0. The first-order valence-electron chi connectivity index (χ1n) is 5.63. The summed E-state index contributed by atoms with van der Waals surface area (Å²) in [6.45, 7) is 4.65. The van der Waals surface area contributed by atoms with Gasteiger partial charge in [0.1, 0.15) is 11.6 Å². The number of halogens is 2. The van der Waals surface area contributed by atoms with E-state index in [0.717, 1.165) is 32.1 Å². The van der Waals surface area contributed by atoms with Crippen LogP contribution in [-0.4, -0.2) is 25.7 Å². The highest BCUT2D eigenvalue weighted by molar-refractivity contribution is 5.48. The molecule has 0 amide bonds. The lowest BCUT2D eigenvalue weighted by Gasteiger charge is -2.19. The van der Waals surface area contributed by atoms with Crippen LogP contribution in [0.4, 0.5) is 14.5 Å². The monoisotopic (exact) mass is 226 g/mol. The van der Waals surface area contributed by atoms with Crippen LogP contribution in [0, 0.1) is 11.6 Å². The van der Waals surface area contributed by atoms with E-state index in [0.29, 0.717) is 11.7 Å². The van der Waals surface area contributed by atoms with Crippen LogP contribution in [0.25, 0.3) is 0 Å². The Kier molecular flexibility index (Phi) is 3.39. The summed E-state index contributed by atoms with van der Waals surface area (Å²) >= 11 is 0. The Balaban J connectivity index is 2.08. The van der Waals surface area contributed by atoms with Crippen molar-refractivity contribution in [3.63, 3.8) is 0 Å². The SMILES string of the molecule is CCNC1CCN(c2cc(F)cc(F)c2)C1. The second-order valence-corrected chi connectivity index (χ2v) is 4.12. The molecule has 1 aliphatic rings. The summed E-state index contributed by atoms with van der Waals surface area (Å²) in [6, 6.07) is 4.10. The molecule has 88 valence electrons. The van der Waals surface area contributed by atoms with Gasteiger partial charge in [0.05, 0.1) is 0 Å². The zero-order chi connectivity index (χ0) is 11.5. The van der Waals surface area contributed by atoms with Gasteiger partial charge in [0.2, 0.25) is 0 Å². The molecule has 0 radical (unpaired) electrons. The molecule has 1 saturated heterocycles. The zero-order valence-corrected chi connectivity index (χ0v) is 9.34. The van der Waals surface area contributed by atoms with Gasteiger partial charge in [0, 0.05) is 30.9 Å². The normalized spacial score (nSPS) is 20.4. The Bertz CT molecular complexity index is 348. The summed E-state index contributed by atoms with van der Waals surface area (Å²) < 4.78 is 26.1. The second kappa shape index (κ2) is 4.78. The van der Waals surface area contributed by atoms with E-state index in [9.17, 15) is 8.78 Å². The van der Waals surface area contributed by atoms with Crippen molar-refractivity contribution in [3.8, 4) is 0 Å². The maximum atomic E-state index is 13.0. The first kappa shape index (κ1) is 11.3. The van der Waals surface area contributed by atoms with E-state index in [4.69, 9.17) is 0 Å². The number of anilines is 1. The Hall–Kier alpha value is -1.16. The van der Waals surface area contributed by atoms with Crippen LogP contribution in [0.1, 0.15) is 13.3 Å². The van der Waals surface area contributed by atoms with Crippen molar-refractivity contribution in [2.45, 2.75) is 19.4 Å². The number of hydrogen-bond acceptors (Lipinski definition) is 2. The Morgan fingerprint density at radius 3 is 2.62 bits per heavy atom. The smallest absolute Gasteiger partial charge is 0.128 e. The van der Waals surface area contributed by atoms with Crippen molar-refractivity contribution in [2.75, 3.05) is 24.5 Å². The first-order valence-corrected chi connectivity index (χ1v) is 5.63. The van der Waals surface area contributed by atoms with Crippen molar-refractivity contribution >= 4 is 5.69 Å². The molecule has 0 bridgehead atoms. The van der Waals surface area contributed by atoms with Gasteiger partial charge in [0.25, 0.3) is 0 Å². The second-order valence-electron chi connectivity index (χ2n) is 4.12. The Morgan fingerprint density at radius 1 is 1.31 bits per heavy atom. The van der Waals surface area contributed by atoms with Gasteiger partial charge in [-0.15, -0.1) is 0 Å². The molecular formula is C12H16F2N2. The van der Waals surface area contributed by atoms with Gasteiger partial charge in [-0.05, 0) is 25.1 Å². The van der Waals surface area contributed by atoms with Crippen LogP contribution in [0.3, 0.4) is 0 Å². The van der Waals surface area contributed by atoms with E-state index in [1.165, 1.54) is 12.1 Å². The highest BCUT2D eigenvalue weighted by Gasteiger charge is 2.22. The van der Waals surface area contributed by atoms with E-state index in [1.54, 1.807) is 0 Å². The minimum atomic E-state index is -0.512. The van der Waals surface area contributed by atoms with Gasteiger partial charge in [-0.1, -0.05) is 6.92 Å². The van der Waals surface area contributed by atoms with Crippen molar-refractivity contribution in [2.24, 2.45) is 0 Å². The maximum absolute atomic E-state index is 13.0. The van der Waals surface area contributed by atoms with E-state index >= 15 is 0 Å². The third-order valence-corrected chi connectivity index (χ3v) is 2.89. The molecule has 1 atom stereocenters. The summed E-state index contributed by atoms with van der Waals surface area (Å²) in [5.74, 6) is -1.02. The van der Waals surface area contributed by atoms with Gasteiger partial charge in [-0.3, -0.25) is 0 Å². The number of nitrogens with one attached hydrogen (secondary N) is 1. The molecule has 0 saturated carbocycles. The molecule has 2 rings (SSSR count). The maximum Gasteiger partial charge on any atom is 0.128 e. The fraction of sp³-hybridized carbons (Fsp3) is 0.500. The molecule has 2 nitrogen and oxygen atoms in total. The molecule has 1 N–H and O–H groups in total. The summed E-state index contributed by atoms with van der Waals surface area (Å²) in [5.41, 5.74) is 0.637. The van der Waals surface area contributed by atoms with E-state index in [2.05, 4.69) is 12.2 Å². The van der Waals surface area contributed by atoms with Crippen molar-refractivity contribution in [1.82, 2.24) is 5.32 Å². The van der Waals surface area contributed by atoms with E-state index in [1.807, 2.05) is 4.90 Å². The van der Waals surface area contributed by atoms with E-state index < -0.39 is 11.6 Å². The fourth-order valence-corrected chi connectivity index (χ4v) is 2.17. The van der Waals surface area contributed by atoms with E-state index in [-0.39, 0.29) is 0 Å². The Morgan fingerprint density at radius 2 is 2.00 bits per heavy atom. The molecular weight excluding hydrogens is 210 g/mol. The molecule has 16 heavy (non-hydrogen) atoms. The fourth-order valence-electron chi connectivity index (χ4n) is 2.17. The number of rotatable bonds is 3. The van der Waals surface area contributed by atoms with Crippen LogP contribution < -0.4 is 10.2 Å². The predicted molar refractivity (Wildman–Crippen MR) is 60.7 cm³/mol. The number of nitrogens with zero attached hydrogens (tertiary/aromatic N) is 1. The molecule has 0 aliphatic carbocycles. The standard InChI is InChI=1S/C12H16F2N2/c1-2-15-11-3-4-16(8-11)12-6-9(13)5-10(14)7-12/h5-7,11,15H,2-4,8H2,1H3. The lowest BCUT2D eigenvalue weighted by Crippen LogP contribution is -2.32. The van der Waals surface area contributed by atoms with Crippen LogP contribution >= 0.6 is 0 Å². The minimum Gasteiger partial charge on any atom is -0.370 e. The molecule has 1 heterocycles. The largest absolute Gasteiger partial charge is 0.370 e. The van der Waals surface area contributed by atoms with Crippen LogP contribution in [0.2, 0.25) is 0 Å². The van der Waals surface area contributed by atoms with Gasteiger partial charge < -0.3 is 10.2 Å². The highest BCUT2D eigenvalue weighted by Crippen LogP contribution is 2.22. The summed E-state index contributed by atoms with van der Waals surface area (Å²) in [6.07, 6.45) is 1.02. The van der Waals surface area contributed by atoms with Crippen molar-refractivity contribution in [3.05, 3.63) is 29.8 Å². The van der Waals surface area contributed by atoms with Gasteiger partial charge >= 0.3 is 0 Å². The number of benzene rings is 1. The number of likely N-dealkylation sites (N-methyl/N-ethyl adjacent to an activating group) is 1. The number of hydrogen-bond donors (Lipinski definition) is 1. The molecule has 1 aliphatic heterocycles. The topological polar surface area (TPSA) is 15.3 Å². The van der Waals surface area contributed by atoms with Gasteiger partial charge in [-0.25, -0.2) is 8.78 Å². The summed E-state index contributed by atoms with van der Waals surface area (Å²) in [5, 5.41) is 3.34. The zero-order valence-electron chi connectivity index (χ0n) is 9.34. The third kappa shape index (κ3) is 2.50. The first-order chi connectivity index (χ1) is 7.69. The lowest BCUT2D eigenvalue weighted by molar-refractivity contribution is 0.570. The Labute approximate surface area is 94.3 Å². The summed E-state index contributed by atoms with van der Waals surface area (Å²) in [4.78, 5) is 2.01. The molecule has 1 fully saturated rings. The predicted octanol–water partition coefficient (Wildman–Crippen LogP) is 2.15. The van der Waals surface area contributed by atoms with Crippen LogP contribution in [0.15, 0.2) is 18.2 Å². The molecule has 0 spiro atoms. The van der Waals surface area contributed by atoms with Crippen LogP contribution in [0.5, 0.6) is 0 Å². The minimum absolute atomic E-state index is 0.427.